The maximum absolute atomic E-state index is 12.3. The normalized spacial score (nSPS) is 13.8. The Kier molecular flexibility index (Phi) is 4.06. The van der Waals surface area contributed by atoms with Crippen LogP contribution in [0.5, 0.6) is 0 Å². The molecule has 0 radical (unpaired) electrons. The molecule has 7 heteroatoms. The van der Waals surface area contributed by atoms with E-state index >= 15 is 0 Å². The van der Waals surface area contributed by atoms with Gasteiger partial charge in [0.05, 0.1) is 21.3 Å². The number of amides is 1. The minimum atomic E-state index is -0.347. The minimum absolute atomic E-state index is 0.199. The van der Waals surface area contributed by atoms with Gasteiger partial charge in [0.1, 0.15) is 0 Å². The molecule has 0 bridgehead atoms. The minimum Gasteiger partial charge on any atom is -0.399 e. The molecular formula is C14H13Cl2N3OS. The number of benzene rings is 1. The van der Waals surface area contributed by atoms with Crippen molar-refractivity contribution in [2.45, 2.75) is 25.7 Å². The Labute approximate surface area is 136 Å². The van der Waals surface area contributed by atoms with Crippen molar-refractivity contribution < 1.29 is 4.79 Å². The van der Waals surface area contributed by atoms with Gasteiger partial charge in [0.15, 0.2) is 5.13 Å². The summed E-state index contributed by atoms with van der Waals surface area (Å²) in [4.78, 5) is 18.0. The van der Waals surface area contributed by atoms with Crippen LogP contribution in [0.1, 0.15) is 33.8 Å². The number of thiazole rings is 1. The van der Waals surface area contributed by atoms with E-state index in [0.29, 0.717) is 10.8 Å². The van der Waals surface area contributed by atoms with Crippen LogP contribution in [0.3, 0.4) is 0 Å². The van der Waals surface area contributed by atoms with Crippen LogP contribution in [0.15, 0.2) is 12.1 Å². The van der Waals surface area contributed by atoms with E-state index in [-0.39, 0.29) is 21.5 Å². The molecule has 21 heavy (non-hydrogen) atoms. The van der Waals surface area contributed by atoms with Crippen LogP contribution in [0.2, 0.25) is 10.0 Å². The molecule has 1 amide bonds. The number of halogens is 2. The lowest BCUT2D eigenvalue weighted by Crippen LogP contribution is -2.13. The lowest BCUT2D eigenvalue weighted by atomic mass is 10.0. The van der Waals surface area contributed by atoms with E-state index in [2.05, 4.69) is 10.3 Å². The van der Waals surface area contributed by atoms with Gasteiger partial charge in [-0.15, -0.1) is 11.3 Å². The van der Waals surface area contributed by atoms with Crippen LogP contribution in [0.4, 0.5) is 10.8 Å². The molecule has 0 spiro atoms. The summed E-state index contributed by atoms with van der Waals surface area (Å²) in [6.07, 6.45) is 4.35. The number of nitrogens with one attached hydrogen (secondary N) is 1. The molecule has 1 aliphatic rings. The highest BCUT2D eigenvalue weighted by Crippen LogP contribution is 2.32. The molecule has 1 aromatic heterocycles. The van der Waals surface area contributed by atoms with E-state index in [1.165, 1.54) is 34.8 Å². The van der Waals surface area contributed by atoms with Crippen molar-refractivity contribution in [2.75, 3.05) is 11.1 Å². The molecule has 0 aliphatic heterocycles. The number of carbonyl (C=O) groups is 1. The first-order chi connectivity index (χ1) is 10.0. The highest BCUT2D eigenvalue weighted by atomic mass is 35.5. The Morgan fingerprint density at radius 3 is 2.81 bits per heavy atom. The molecule has 3 N–H and O–H groups in total. The standard InChI is InChI=1S/C14H13Cl2N3OS/c15-9-6-7(17)5-8(12(9)16)13(20)19-14-18-10-3-1-2-4-11(10)21-14/h5-6H,1-4,17H2,(H,18,19,20). The van der Waals surface area contributed by atoms with Crippen molar-refractivity contribution >= 4 is 51.3 Å². The molecular weight excluding hydrogens is 329 g/mol. The average Bonchev–Trinajstić information content (AvgIpc) is 2.84. The Morgan fingerprint density at radius 2 is 2.05 bits per heavy atom. The number of nitrogens with two attached hydrogens (primary N) is 1. The van der Waals surface area contributed by atoms with Gasteiger partial charge in [-0.2, -0.15) is 0 Å². The molecule has 4 nitrogen and oxygen atoms in total. The van der Waals surface area contributed by atoms with Gasteiger partial charge in [-0.05, 0) is 37.8 Å². The molecule has 0 fully saturated rings. The monoisotopic (exact) mass is 341 g/mol. The quantitative estimate of drug-likeness (QED) is 0.805. The largest absolute Gasteiger partial charge is 0.399 e. The molecule has 1 aliphatic carbocycles. The van der Waals surface area contributed by atoms with Crippen LogP contribution < -0.4 is 11.1 Å². The van der Waals surface area contributed by atoms with Gasteiger partial charge >= 0.3 is 0 Å². The van der Waals surface area contributed by atoms with Gasteiger partial charge in [-0.25, -0.2) is 4.98 Å². The smallest absolute Gasteiger partial charge is 0.259 e. The van der Waals surface area contributed by atoms with Crippen molar-refractivity contribution in [3.63, 3.8) is 0 Å². The second-order valence-corrected chi connectivity index (χ2v) is 6.78. The van der Waals surface area contributed by atoms with E-state index < -0.39 is 0 Å². The third-order valence-electron chi connectivity index (χ3n) is 3.36. The van der Waals surface area contributed by atoms with Gasteiger partial charge < -0.3 is 5.73 Å². The van der Waals surface area contributed by atoms with Crippen LogP contribution in [-0.4, -0.2) is 10.9 Å². The SMILES string of the molecule is Nc1cc(Cl)c(Cl)c(C(=O)Nc2nc3c(s2)CCCC3)c1. The molecule has 0 atom stereocenters. The molecule has 2 aromatic rings. The summed E-state index contributed by atoms with van der Waals surface area (Å²) in [6, 6.07) is 3.03. The van der Waals surface area contributed by atoms with Crippen LogP contribution in [0.25, 0.3) is 0 Å². The zero-order valence-corrected chi connectivity index (χ0v) is 13.4. The van der Waals surface area contributed by atoms with Gasteiger partial charge in [0.2, 0.25) is 0 Å². The maximum atomic E-state index is 12.3. The number of aromatic nitrogens is 1. The number of rotatable bonds is 2. The van der Waals surface area contributed by atoms with E-state index in [9.17, 15) is 4.79 Å². The Bertz CT molecular complexity index is 691. The number of hydrogen-bond donors (Lipinski definition) is 2. The van der Waals surface area contributed by atoms with Gasteiger partial charge in [-0.1, -0.05) is 23.2 Å². The van der Waals surface area contributed by atoms with Crippen molar-refractivity contribution in [3.8, 4) is 0 Å². The number of hydrogen-bond acceptors (Lipinski definition) is 4. The third kappa shape index (κ3) is 3.00. The van der Waals surface area contributed by atoms with Gasteiger partial charge in [0.25, 0.3) is 5.91 Å². The number of nitrogens with zero attached hydrogens (tertiary/aromatic N) is 1. The molecule has 1 aromatic carbocycles. The summed E-state index contributed by atoms with van der Waals surface area (Å²) in [5, 5.41) is 3.84. The first-order valence-corrected chi connectivity index (χ1v) is 8.16. The van der Waals surface area contributed by atoms with Crippen molar-refractivity contribution in [2.24, 2.45) is 0 Å². The predicted octanol–water partition coefficient (Wildman–Crippen LogP) is 4.16. The first-order valence-electron chi connectivity index (χ1n) is 6.59. The van der Waals surface area contributed by atoms with Crippen LogP contribution >= 0.6 is 34.5 Å². The summed E-state index contributed by atoms with van der Waals surface area (Å²) < 4.78 is 0. The second-order valence-electron chi connectivity index (χ2n) is 4.91. The Morgan fingerprint density at radius 1 is 1.29 bits per heavy atom. The molecule has 3 rings (SSSR count). The number of carbonyl (C=O) groups excluding carboxylic acids is 1. The lowest BCUT2D eigenvalue weighted by Gasteiger charge is -2.07. The predicted molar refractivity (Wildman–Crippen MR) is 87.6 cm³/mol. The van der Waals surface area contributed by atoms with Crippen LogP contribution in [0, 0.1) is 0 Å². The van der Waals surface area contributed by atoms with Crippen molar-refractivity contribution in [1.82, 2.24) is 4.98 Å². The van der Waals surface area contributed by atoms with E-state index in [1.807, 2.05) is 0 Å². The zero-order chi connectivity index (χ0) is 15.0. The summed E-state index contributed by atoms with van der Waals surface area (Å²) in [5.74, 6) is -0.347. The fourth-order valence-electron chi connectivity index (χ4n) is 2.35. The highest BCUT2D eigenvalue weighted by molar-refractivity contribution is 7.15. The number of fused-ring (bicyclic) bond motifs is 1. The Hall–Kier alpha value is -1.30. The maximum Gasteiger partial charge on any atom is 0.259 e. The Balaban J connectivity index is 1.85. The van der Waals surface area contributed by atoms with Crippen molar-refractivity contribution in [1.29, 1.82) is 0 Å². The van der Waals surface area contributed by atoms with E-state index in [1.54, 1.807) is 0 Å². The molecule has 0 saturated heterocycles. The zero-order valence-electron chi connectivity index (χ0n) is 11.1. The second kappa shape index (κ2) is 5.83. The number of anilines is 2. The van der Waals surface area contributed by atoms with Crippen molar-refractivity contribution in [3.05, 3.63) is 38.3 Å². The first kappa shape index (κ1) is 14.6. The fraction of sp³-hybridized carbons (Fsp3) is 0.286. The molecule has 110 valence electrons. The van der Waals surface area contributed by atoms with Gasteiger partial charge in [0, 0.05) is 10.6 Å². The highest BCUT2D eigenvalue weighted by Gasteiger charge is 2.19. The summed E-state index contributed by atoms with van der Waals surface area (Å²) >= 11 is 13.5. The molecule has 1 heterocycles. The summed E-state index contributed by atoms with van der Waals surface area (Å²) in [6.45, 7) is 0. The third-order valence-corrected chi connectivity index (χ3v) is 5.24. The fourth-order valence-corrected chi connectivity index (χ4v) is 3.81. The summed E-state index contributed by atoms with van der Waals surface area (Å²) in [5.41, 5.74) is 7.45. The average molecular weight is 342 g/mol. The van der Waals surface area contributed by atoms with Gasteiger partial charge in [-0.3, -0.25) is 10.1 Å². The molecule has 0 unspecified atom stereocenters. The molecule has 0 saturated carbocycles. The summed E-state index contributed by atoms with van der Waals surface area (Å²) in [7, 11) is 0. The van der Waals surface area contributed by atoms with E-state index in [4.69, 9.17) is 28.9 Å². The number of aryl methyl sites for hydroxylation is 2. The topological polar surface area (TPSA) is 68.0 Å². The lowest BCUT2D eigenvalue weighted by molar-refractivity contribution is 0.102. The number of nitrogen functional groups attached to an aromatic ring is 1. The van der Waals surface area contributed by atoms with E-state index in [0.717, 1.165) is 25.0 Å². The van der Waals surface area contributed by atoms with Crippen LogP contribution in [-0.2, 0) is 12.8 Å².